The molecule has 18 heavy (non-hydrogen) atoms. The van der Waals surface area contributed by atoms with Gasteiger partial charge in [-0.1, -0.05) is 13.3 Å². The van der Waals surface area contributed by atoms with Gasteiger partial charge in [-0.05, 0) is 59.8 Å². The molecule has 1 N–H and O–H groups in total. The zero-order valence-electron chi connectivity index (χ0n) is 12.9. The van der Waals surface area contributed by atoms with Crippen LogP contribution in [0.2, 0.25) is 0 Å². The second-order valence-electron chi connectivity index (χ2n) is 5.93. The average molecular weight is 255 g/mol. The van der Waals surface area contributed by atoms with Gasteiger partial charge >= 0.3 is 0 Å². The third-order valence-electron chi connectivity index (χ3n) is 4.19. The molecule has 108 valence electrons. The Morgan fingerprint density at radius 1 is 1.00 bits per heavy atom. The zero-order chi connectivity index (χ0) is 13.4. The largest absolute Gasteiger partial charge is 0.317 e. The fourth-order valence-corrected chi connectivity index (χ4v) is 2.76. The van der Waals surface area contributed by atoms with Crippen molar-refractivity contribution in [3.8, 4) is 0 Å². The van der Waals surface area contributed by atoms with Crippen LogP contribution >= 0.6 is 0 Å². The third-order valence-corrected chi connectivity index (χ3v) is 4.19. The Bertz CT molecular complexity index is 196. The summed E-state index contributed by atoms with van der Waals surface area (Å²) in [6.07, 6.45) is 5.30. The summed E-state index contributed by atoms with van der Waals surface area (Å²) in [7, 11) is 2.26. The van der Waals surface area contributed by atoms with Crippen LogP contribution in [0.25, 0.3) is 0 Å². The minimum atomic E-state index is 0.708. The Morgan fingerprint density at radius 2 is 1.67 bits per heavy atom. The van der Waals surface area contributed by atoms with Crippen molar-refractivity contribution < 1.29 is 0 Å². The van der Waals surface area contributed by atoms with Crippen LogP contribution in [0.15, 0.2) is 0 Å². The molecule has 1 saturated heterocycles. The predicted octanol–water partition coefficient (Wildman–Crippen LogP) is 2.18. The van der Waals surface area contributed by atoms with Crippen LogP contribution in [-0.2, 0) is 0 Å². The summed E-state index contributed by atoms with van der Waals surface area (Å²) in [6, 6.07) is 1.42. The maximum atomic E-state index is 3.47. The standard InChI is InChI=1S/C15H33N3/c1-5-9-16-10-7-6-8-11-18-12-14(2)17(4)15(3)13-18/h14-16H,5-13H2,1-4H3. The number of piperazine rings is 1. The molecule has 0 aliphatic carbocycles. The van der Waals surface area contributed by atoms with E-state index in [9.17, 15) is 0 Å². The first-order valence-corrected chi connectivity index (χ1v) is 7.80. The SMILES string of the molecule is CCCNCCCCCN1CC(C)N(C)C(C)C1. The maximum absolute atomic E-state index is 3.47. The fraction of sp³-hybridized carbons (Fsp3) is 1.00. The molecule has 0 aromatic rings. The van der Waals surface area contributed by atoms with Crippen LogP contribution < -0.4 is 5.32 Å². The van der Waals surface area contributed by atoms with E-state index in [-0.39, 0.29) is 0 Å². The molecule has 1 aliphatic rings. The molecule has 2 atom stereocenters. The minimum absolute atomic E-state index is 0.708. The number of likely N-dealkylation sites (N-methyl/N-ethyl adjacent to an activating group) is 1. The Balaban J connectivity index is 2.02. The lowest BCUT2D eigenvalue weighted by Crippen LogP contribution is -2.54. The molecule has 1 rings (SSSR count). The Kier molecular flexibility index (Phi) is 7.87. The van der Waals surface area contributed by atoms with Gasteiger partial charge in [-0.2, -0.15) is 0 Å². The second kappa shape index (κ2) is 8.89. The van der Waals surface area contributed by atoms with Crippen molar-refractivity contribution in [3.05, 3.63) is 0 Å². The summed E-state index contributed by atoms with van der Waals surface area (Å²) in [4.78, 5) is 5.15. The summed E-state index contributed by atoms with van der Waals surface area (Å²) in [6.45, 7) is 13.1. The summed E-state index contributed by atoms with van der Waals surface area (Å²) in [5.41, 5.74) is 0. The zero-order valence-corrected chi connectivity index (χ0v) is 12.9. The van der Waals surface area contributed by atoms with E-state index in [0.717, 1.165) is 0 Å². The quantitative estimate of drug-likeness (QED) is 0.671. The second-order valence-corrected chi connectivity index (χ2v) is 5.93. The molecular weight excluding hydrogens is 222 g/mol. The maximum Gasteiger partial charge on any atom is 0.0195 e. The topological polar surface area (TPSA) is 18.5 Å². The van der Waals surface area contributed by atoms with Crippen molar-refractivity contribution in [2.45, 2.75) is 58.5 Å². The van der Waals surface area contributed by atoms with Crippen molar-refractivity contribution in [2.24, 2.45) is 0 Å². The highest BCUT2D eigenvalue weighted by atomic mass is 15.3. The van der Waals surface area contributed by atoms with Gasteiger partial charge in [0.2, 0.25) is 0 Å². The lowest BCUT2D eigenvalue weighted by atomic mass is 10.1. The summed E-state index contributed by atoms with van der Waals surface area (Å²) >= 11 is 0. The molecule has 3 heteroatoms. The molecule has 0 aromatic heterocycles. The molecular formula is C15H33N3. The van der Waals surface area contributed by atoms with E-state index < -0.39 is 0 Å². The monoisotopic (exact) mass is 255 g/mol. The molecule has 0 aromatic carbocycles. The van der Waals surface area contributed by atoms with Gasteiger partial charge in [-0.3, -0.25) is 4.90 Å². The molecule has 2 unspecified atom stereocenters. The number of unbranched alkanes of at least 4 members (excludes halogenated alkanes) is 2. The highest BCUT2D eigenvalue weighted by Crippen LogP contribution is 2.13. The van der Waals surface area contributed by atoms with Crippen LogP contribution in [0.5, 0.6) is 0 Å². The van der Waals surface area contributed by atoms with Crippen molar-refractivity contribution in [1.82, 2.24) is 15.1 Å². The summed E-state index contributed by atoms with van der Waals surface area (Å²) in [5.74, 6) is 0. The predicted molar refractivity (Wildman–Crippen MR) is 80.1 cm³/mol. The highest BCUT2D eigenvalue weighted by molar-refractivity contribution is 4.82. The van der Waals surface area contributed by atoms with Crippen molar-refractivity contribution >= 4 is 0 Å². The van der Waals surface area contributed by atoms with Crippen molar-refractivity contribution in [2.75, 3.05) is 39.8 Å². The highest BCUT2D eigenvalue weighted by Gasteiger charge is 2.25. The van der Waals surface area contributed by atoms with Crippen molar-refractivity contribution in [3.63, 3.8) is 0 Å². The smallest absolute Gasteiger partial charge is 0.0195 e. The van der Waals surface area contributed by atoms with Gasteiger partial charge in [0.25, 0.3) is 0 Å². The van der Waals surface area contributed by atoms with Crippen LogP contribution in [0.1, 0.15) is 46.5 Å². The summed E-state index contributed by atoms with van der Waals surface area (Å²) in [5, 5.41) is 3.47. The molecule has 0 radical (unpaired) electrons. The number of hydrogen-bond acceptors (Lipinski definition) is 3. The first-order valence-electron chi connectivity index (χ1n) is 7.80. The summed E-state index contributed by atoms with van der Waals surface area (Å²) < 4.78 is 0. The van der Waals surface area contributed by atoms with Crippen LogP contribution in [0.3, 0.4) is 0 Å². The van der Waals surface area contributed by atoms with Gasteiger partial charge in [0.15, 0.2) is 0 Å². The van der Waals surface area contributed by atoms with Gasteiger partial charge in [0.1, 0.15) is 0 Å². The number of hydrogen-bond donors (Lipinski definition) is 1. The minimum Gasteiger partial charge on any atom is -0.317 e. The van der Waals surface area contributed by atoms with E-state index >= 15 is 0 Å². The first kappa shape index (κ1) is 15.9. The molecule has 1 aliphatic heterocycles. The van der Waals surface area contributed by atoms with E-state index in [0.29, 0.717) is 12.1 Å². The van der Waals surface area contributed by atoms with Gasteiger partial charge in [-0.25, -0.2) is 0 Å². The van der Waals surface area contributed by atoms with E-state index in [1.807, 2.05) is 0 Å². The normalized spacial score (nSPS) is 26.7. The molecule has 1 fully saturated rings. The number of rotatable bonds is 8. The molecule has 0 spiro atoms. The third kappa shape index (κ3) is 5.68. The van der Waals surface area contributed by atoms with Crippen molar-refractivity contribution in [1.29, 1.82) is 0 Å². The number of nitrogens with zero attached hydrogens (tertiary/aromatic N) is 2. The van der Waals surface area contributed by atoms with E-state index in [1.54, 1.807) is 0 Å². The van der Waals surface area contributed by atoms with Gasteiger partial charge < -0.3 is 10.2 Å². The van der Waals surface area contributed by atoms with Gasteiger partial charge in [0, 0.05) is 25.2 Å². The Morgan fingerprint density at radius 3 is 2.28 bits per heavy atom. The fourth-order valence-electron chi connectivity index (χ4n) is 2.76. The van der Waals surface area contributed by atoms with Gasteiger partial charge in [-0.15, -0.1) is 0 Å². The van der Waals surface area contributed by atoms with E-state index in [2.05, 4.69) is 42.9 Å². The van der Waals surface area contributed by atoms with Crippen LogP contribution in [0.4, 0.5) is 0 Å². The Hall–Kier alpha value is -0.120. The molecule has 0 saturated carbocycles. The lowest BCUT2D eigenvalue weighted by Gasteiger charge is -2.42. The molecule has 3 nitrogen and oxygen atoms in total. The molecule has 0 bridgehead atoms. The van der Waals surface area contributed by atoms with Crippen LogP contribution in [0, 0.1) is 0 Å². The Labute approximate surface area is 114 Å². The molecule has 0 amide bonds. The van der Waals surface area contributed by atoms with E-state index in [1.165, 1.54) is 58.4 Å². The van der Waals surface area contributed by atoms with Gasteiger partial charge in [0.05, 0.1) is 0 Å². The first-order chi connectivity index (χ1) is 8.65. The van der Waals surface area contributed by atoms with Crippen LogP contribution in [-0.4, -0.2) is 61.7 Å². The average Bonchev–Trinajstić information content (AvgIpc) is 2.34. The lowest BCUT2D eigenvalue weighted by molar-refractivity contribution is 0.0591. The molecule has 1 heterocycles. The van der Waals surface area contributed by atoms with E-state index in [4.69, 9.17) is 0 Å². The number of nitrogens with one attached hydrogen (secondary N) is 1.